The molecule has 1 aromatic rings. The molecule has 0 spiro atoms. The molecule has 5 unspecified atom stereocenters. The molecule has 0 saturated heterocycles. The van der Waals surface area contributed by atoms with Gasteiger partial charge in [0.15, 0.2) is 0 Å². The molecular weight excluding hydrogens is 248 g/mol. The van der Waals surface area contributed by atoms with Gasteiger partial charge in [-0.05, 0) is 42.6 Å². The average molecular weight is 272 g/mol. The van der Waals surface area contributed by atoms with Gasteiger partial charge in [0, 0.05) is 12.6 Å². The second-order valence-electron chi connectivity index (χ2n) is 6.49. The quantitative estimate of drug-likeness (QED) is 0.883. The van der Waals surface area contributed by atoms with Crippen molar-refractivity contribution in [2.45, 2.75) is 38.1 Å². The summed E-state index contributed by atoms with van der Waals surface area (Å²) in [5.74, 6) is 1.68. The first-order chi connectivity index (χ1) is 9.66. The Kier molecular flexibility index (Phi) is 3.79. The van der Waals surface area contributed by atoms with Crippen LogP contribution in [-0.4, -0.2) is 18.5 Å². The van der Waals surface area contributed by atoms with Crippen molar-refractivity contribution in [2.75, 3.05) is 6.54 Å². The topological polar surface area (TPSA) is 55.1 Å². The van der Waals surface area contributed by atoms with Crippen molar-refractivity contribution in [3.63, 3.8) is 0 Å². The fourth-order valence-electron chi connectivity index (χ4n) is 4.00. The summed E-state index contributed by atoms with van der Waals surface area (Å²) in [7, 11) is 0. The molecule has 1 aromatic carbocycles. The zero-order chi connectivity index (χ0) is 14.1. The Morgan fingerprint density at radius 2 is 2.00 bits per heavy atom. The van der Waals surface area contributed by atoms with E-state index < -0.39 is 0 Å². The normalized spacial score (nSPS) is 33.1. The second-order valence-corrected chi connectivity index (χ2v) is 6.49. The standard InChI is InChI=1S/C17H24N2O/c1-11(12-5-3-2-4-6-12)10-19-17(20)15-13-7-8-14(9-13)16(15)18/h2-6,11,13-16H,7-10,18H2,1H3,(H,19,20). The number of nitrogens with two attached hydrogens (primary N) is 1. The van der Waals surface area contributed by atoms with Crippen molar-refractivity contribution in [3.8, 4) is 0 Å². The third kappa shape index (κ3) is 2.47. The van der Waals surface area contributed by atoms with Crippen molar-refractivity contribution in [3.05, 3.63) is 35.9 Å². The highest BCUT2D eigenvalue weighted by atomic mass is 16.1. The van der Waals surface area contributed by atoms with Gasteiger partial charge in [0.1, 0.15) is 0 Å². The lowest BCUT2D eigenvalue weighted by Crippen LogP contribution is -2.45. The maximum absolute atomic E-state index is 12.4. The number of rotatable bonds is 4. The van der Waals surface area contributed by atoms with Crippen molar-refractivity contribution < 1.29 is 4.79 Å². The zero-order valence-electron chi connectivity index (χ0n) is 12.1. The molecule has 3 heteroatoms. The monoisotopic (exact) mass is 272 g/mol. The lowest BCUT2D eigenvalue weighted by molar-refractivity contribution is -0.127. The van der Waals surface area contributed by atoms with Crippen LogP contribution in [0.5, 0.6) is 0 Å². The minimum Gasteiger partial charge on any atom is -0.355 e. The van der Waals surface area contributed by atoms with Crippen LogP contribution in [0.3, 0.4) is 0 Å². The molecule has 108 valence electrons. The fraction of sp³-hybridized carbons (Fsp3) is 0.588. The number of hydrogen-bond acceptors (Lipinski definition) is 2. The first-order valence-corrected chi connectivity index (χ1v) is 7.75. The Labute approximate surface area is 120 Å². The predicted molar refractivity (Wildman–Crippen MR) is 80.2 cm³/mol. The number of benzene rings is 1. The van der Waals surface area contributed by atoms with Crippen LogP contribution in [0, 0.1) is 17.8 Å². The molecule has 2 bridgehead atoms. The summed E-state index contributed by atoms with van der Waals surface area (Å²) in [6.45, 7) is 2.85. The predicted octanol–water partition coefficient (Wildman–Crippen LogP) is 2.28. The molecule has 3 N–H and O–H groups in total. The highest BCUT2D eigenvalue weighted by Crippen LogP contribution is 2.47. The zero-order valence-corrected chi connectivity index (χ0v) is 12.1. The van der Waals surface area contributed by atoms with Crippen LogP contribution in [0.1, 0.15) is 37.7 Å². The van der Waals surface area contributed by atoms with Crippen molar-refractivity contribution in [2.24, 2.45) is 23.5 Å². The van der Waals surface area contributed by atoms with Gasteiger partial charge in [-0.1, -0.05) is 37.3 Å². The Morgan fingerprint density at radius 1 is 1.30 bits per heavy atom. The number of hydrogen-bond donors (Lipinski definition) is 2. The Morgan fingerprint density at radius 3 is 2.65 bits per heavy atom. The van der Waals surface area contributed by atoms with Crippen molar-refractivity contribution in [1.82, 2.24) is 5.32 Å². The number of amides is 1. The number of carbonyl (C=O) groups excluding carboxylic acids is 1. The van der Waals surface area contributed by atoms with Crippen LogP contribution in [0.2, 0.25) is 0 Å². The molecule has 0 aromatic heterocycles. The molecule has 0 radical (unpaired) electrons. The number of nitrogens with one attached hydrogen (secondary N) is 1. The average Bonchev–Trinajstić information content (AvgIpc) is 3.06. The summed E-state index contributed by atoms with van der Waals surface area (Å²) in [5.41, 5.74) is 7.49. The Balaban J connectivity index is 1.55. The van der Waals surface area contributed by atoms with Crippen LogP contribution < -0.4 is 11.1 Å². The van der Waals surface area contributed by atoms with E-state index in [1.807, 2.05) is 18.2 Å². The largest absolute Gasteiger partial charge is 0.355 e. The third-order valence-electron chi connectivity index (χ3n) is 5.23. The van der Waals surface area contributed by atoms with E-state index in [1.54, 1.807) is 0 Å². The van der Waals surface area contributed by atoms with Gasteiger partial charge in [0.25, 0.3) is 0 Å². The summed E-state index contributed by atoms with van der Waals surface area (Å²) in [6.07, 6.45) is 3.56. The Hall–Kier alpha value is -1.35. The van der Waals surface area contributed by atoms with E-state index in [1.165, 1.54) is 18.4 Å². The van der Waals surface area contributed by atoms with E-state index in [9.17, 15) is 4.79 Å². The van der Waals surface area contributed by atoms with E-state index in [2.05, 4.69) is 24.4 Å². The van der Waals surface area contributed by atoms with Gasteiger partial charge < -0.3 is 11.1 Å². The molecule has 3 nitrogen and oxygen atoms in total. The van der Waals surface area contributed by atoms with Gasteiger partial charge in [-0.2, -0.15) is 0 Å². The molecule has 3 rings (SSSR count). The lowest BCUT2D eigenvalue weighted by atomic mass is 9.84. The van der Waals surface area contributed by atoms with Crippen LogP contribution in [0.25, 0.3) is 0 Å². The van der Waals surface area contributed by atoms with Crippen LogP contribution in [0.15, 0.2) is 30.3 Å². The highest BCUT2D eigenvalue weighted by molar-refractivity contribution is 5.80. The first-order valence-electron chi connectivity index (χ1n) is 7.75. The lowest BCUT2D eigenvalue weighted by Gasteiger charge is -2.27. The summed E-state index contributed by atoms with van der Waals surface area (Å²) in [5, 5.41) is 3.12. The van der Waals surface area contributed by atoms with Crippen LogP contribution in [0.4, 0.5) is 0 Å². The first kappa shape index (κ1) is 13.6. The molecule has 20 heavy (non-hydrogen) atoms. The summed E-state index contributed by atoms with van der Waals surface area (Å²) >= 11 is 0. The maximum Gasteiger partial charge on any atom is 0.224 e. The van der Waals surface area contributed by atoms with E-state index in [4.69, 9.17) is 5.73 Å². The maximum atomic E-state index is 12.4. The molecule has 2 aliphatic carbocycles. The molecule has 5 atom stereocenters. The summed E-state index contributed by atoms with van der Waals surface area (Å²) in [4.78, 5) is 12.4. The highest BCUT2D eigenvalue weighted by Gasteiger charge is 2.48. The molecular formula is C17H24N2O. The molecule has 2 saturated carbocycles. The number of fused-ring (bicyclic) bond motifs is 2. The number of carbonyl (C=O) groups is 1. The molecule has 2 fully saturated rings. The third-order valence-corrected chi connectivity index (χ3v) is 5.23. The minimum atomic E-state index is 0.0525. The minimum absolute atomic E-state index is 0.0525. The Bertz CT molecular complexity index is 471. The van der Waals surface area contributed by atoms with Gasteiger partial charge in [-0.3, -0.25) is 4.79 Å². The van der Waals surface area contributed by atoms with Gasteiger partial charge in [0.05, 0.1) is 5.92 Å². The van der Waals surface area contributed by atoms with E-state index in [0.717, 1.165) is 6.42 Å². The molecule has 2 aliphatic rings. The van der Waals surface area contributed by atoms with Crippen LogP contribution >= 0.6 is 0 Å². The summed E-state index contributed by atoms with van der Waals surface area (Å²) in [6, 6.07) is 10.4. The fourth-order valence-corrected chi connectivity index (χ4v) is 4.00. The van der Waals surface area contributed by atoms with E-state index in [0.29, 0.717) is 24.3 Å². The SMILES string of the molecule is CC(CNC(=O)C1C2CCC(C2)C1N)c1ccccc1. The molecule has 1 amide bonds. The van der Waals surface area contributed by atoms with Gasteiger partial charge in [-0.15, -0.1) is 0 Å². The molecule has 0 heterocycles. The smallest absolute Gasteiger partial charge is 0.224 e. The van der Waals surface area contributed by atoms with E-state index in [-0.39, 0.29) is 17.9 Å². The van der Waals surface area contributed by atoms with E-state index >= 15 is 0 Å². The van der Waals surface area contributed by atoms with Gasteiger partial charge in [-0.25, -0.2) is 0 Å². The molecule has 0 aliphatic heterocycles. The van der Waals surface area contributed by atoms with Crippen LogP contribution in [-0.2, 0) is 4.79 Å². The van der Waals surface area contributed by atoms with Crippen molar-refractivity contribution in [1.29, 1.82) is 0 Å². The van der Waals surface area contributed by atoms with Gasteiger partial charge in [0.2, 0.25) is 5.91 Å². The second kappa shape index (κ2) is 5.57. The van der Waals surface area contributed by atoms with Gasteiger partial charge >= 0.3 is 0 Å². The summed E-state index contributed by atoms with van der Waals surface area (Å²) < 4.78 is 0. The van der Waals surface area contributed by atoms with Crippen molar-refractivity contribution >= 4 is 5.91 Å².